The van der Waals surface area contributed by atoms with E-state index in [0.29, 0.717) is 29.7 Å². The van der Waals surface area contributed by atoms with Crippen LogP contribution < -0.4 is 0 Å². The molecular weight excluding hydrogens is 915 g/mol. The summed E-state index contributed by atoms with van der Waals surface area (Å²) in [6.45, 7) is 18.3. The van der Waals surface area contributed by atoms with Gasteiger partial charge in [0.1, 0.15) is 11.8 Å². The highest BCUT2D eigenvalue weighted by atomic mass is 16.5. The second-order valence-electron chi connectivity index (χ2n) is 23.6. The Hall–Kier alpha value is -5.07. The second kappa shape index (κ2) is 22.4. The predicted octanol–water partition coefficient (Wildman–Crippen LogP) is 9.96. The Labute approximate surface area is 432 Å². The lowest BCUT2D eigenvalue weighted by atomic mass is 9.74. The van der Waals surface area contributed by atoms with Gasteiger partial charge in [0, 0.05) is 63.0 Å². The van der Waals surface area contributed by atoms with Gasteiger partial charge in [-0.2, -0.15) is 5.26 Å². The molecule has 4 heterocycles. The highest BCUT2D eigenvalue weighted by Crippen LogP contribution is 2.45. The smallest absolute Gasteiger partial charge is 0.202 e. The van der Waals surface area contributed by atoms with E-state index in [2.05, 4.69) is 93.8 Å². The van der Waals surface area contributed by atoms with E-state index in [1.54, 1.807) is 6.20 Å². The molecule has 4 fully saturated rings. The zero-order valence-corrected chi connectivity index (χ0v) is 44.2. The normalized spacial score (nSPS) is 26.7. The van der Waals surface area contributed by atoms with Crippen LogP contribution in [-0.4, -0.2) is 116 Å². The van der Waals surface area contributed by atoms with Crippen molar-refractivity contribution in [3.05, 3.63) is 117 Å². The second-order valence-corrected chi connectivity index (χ2v) is 23.6. The minimum atomic E-state index is -0.850. The highest BCUT2D eigenvalue weighted by Gasteiger charge is 2.40. The number of aromatic amines is 2. The molecule has 0 amide bonds. The number of nitrogens with zero attached hydrogens (tertiary/aromatic N) is 5. The first kappa shape index (κ1) is 52.8. The molecule has 0 bridgehead atoms. The van der Waals surface area contributed by atoms with Crippen molar-refractivity contribution in [2.45, 2.75) is 161 Å². The number of imidazole rings is 2. The van der Waals surface area contributed by atoms with Gasteiger partial charge in [-0.1, -0.05) is 64.1 Å². The Morgan fingerprint density at radius 3 is 1.45 bits per heavy atom. The molecule has 2 saturated heterocycles. The summed E-state index contributed by atoms with van der Waals surface area (Å²) in [5.41, 5.74) is 8.76. The molecule has 0 spiro atoms. The molecule has 2 aromatic heterocycles. The number of nitriles is 1. The van der Waals surface area contributed by atoms with Gasteiger partial charge in [0.25, 0.3) is 0 Å². The predicted molar refractivity (Wildman–Crippen MR) is 284 cm³/mol. The maximum atomic E-state index is 13.0. The number of ketones is 2. The molecule has 0 unspecified atom stereocenters. The number of carbonyl (C=O) groups excluding carboxylic acids is 2. The molecule has 13 nitrogen and oxygen atoms in total. The zero-order valence-electron chi connectivity index (χ0n) is 44.2. The number of H-pyrrole nitrogens is 2. The van der Waals surface area contributed by atoms with Gasteiger partial charge in [0.2, 0.25) is 11.6 Å². The largest absolute Gasteiger partial charge is 0.385 e. The molecule has 10 rings (SSSR count). The van der Waals surface area contributed by atoms with Gasteiger partial charge in [0.15, 0.2) is 11.6 Å². The topological polar surface area (TPSA) is 181 Å². The van der Waals surface area contributed by atoms with Crippen LogP contribution in [0.1, 0.15) is 184 Å². The van der Waals surface area contributed by atoms with Crippen LogP contribution in [-0.2, 0) is 33.5 Å². The van der Waals surface area contributed by atoms with Crippen molar-refractivity contribution in [1.29, 1.82) is 5.26 Å². The fraction of sp³-hybridized carbons (Fsp3) is 0.583. The van der Waals surface area contributed by atoms with E-state index < -0.39 is 11.2 Å². The van der Waals surface area contributed by atoms with Crippen molar-refractivity contribution in [3.63, 3.8) is 0 Å². The Morgan fingerprint density at radius 1 is 0.658 bits per heavy atom. The van der Waals surface area contributed by atoms with Gasteiger partial charge in [-0.15, -0.1) is 0 Å². The molecule has 73 heavy (non-hydrogen) atoms. The average Bonchev–Trinajstić information content (AvgIpc) is 4.08. The first-order valence-electron chi connectivity index (χ1n) is 27.3. The Kier molecular flexibility index (Phi) is 16.2. The molecule has 4 aliphatic carbocycles. The molecule has 4 aromatic rings. The maximum Gasteiger partial charge on any atom is 0.202 e. The third kappa shape index (κ3) is 12.7. The molecular formula is C60H79N7O6. The number of aryl methyl sites for hydroxylation is 1. The first-order valence-corrected chi connectivity index (χ1v) is 27.3. The summed E-state index contributed by atoms with van der Waals surface area (Å²) >= 11 is 0. The number of morpholine rings is 2. The lowest BCUT2D eigenvalue weighted by molar-refractivity contribution is -0.0450. The molecule has 6 aliphatic rings. The SMILES string of the molecule is CC1(C)CC=C(c2cc(C3(O)CCC(N4CCOCC4)CC3)ccc2CC(=O)c2ncc(C#N)[nH]2)CC1.Cc1cnc(C(=O)Cc2ccc(C3(O)CCC(N4CCOCC4)CC3)cc2C2=CCC(C)(C)CC2)[nH]1. The van der Waals surface area contributed by atoms with Crippen molar-refractivity contribution in [1.82, 2.24) is 29.7 Å². The van der Waals surface area contributed by atoms with Gasteiger partial charge in [-0.25, -0.2) is 9.97 Å². The third-order valence-electron chi connectivity index (χ3n) is 17.2. The van der Waals surface area contributed by atoms with Crippen molar-refractivity contribution >= 4 is 22.7 Å². The van der Waals surface area contributed by atoms with Gasteiger partial charge in [-0.3, -0.25) is 19.4 Å². The summed E-state index contributed by atoms with van der Waals surface area (Å²) < 4.78 is 11.0. The van der Waals surface area contributed by atoms with E-state index in [0.717, 1.165) is 182 Å². The number of ether oxygens (including phenoxy) is 2. The van der Waals surface area contributed by atoms with E-state index in [9.17, 15) is 19.8 Å². The fourth-order valence-corrected chi connectivity index (χ4v) is 12.2. The van der Waals surface area contributed by atoms with Crippen LogP contribution in [0, 0.1) is 29.1 Å². The molecule has 0 atom stereocenters. The number of hydrogen-bond acceptors (Lipinski definition) is 11. The summed E-state index contributed by atoms with van der Waals surface area (Å²) in [4.78, 5) is 45.3. The van der Waals surface area contributed by atoms with Crippen LogP contribution in [0.25, 0.3) is 11.1 Å². The Bertz CT molecular complexity index is 2690. The molecule has 2 saturated carbocycles. The summed E-state index contributed by atoms with van der Waals surface area (Å²) in [5.74, 6) is 0.488. The van der Waals surface area contributed by atoms with Gasteiger partial charge >= 0.3 is 0 Å². The number of allylic oxidation sites excluding steroid dienone is 4. The average molecular weight is 994 g/mol. The lowest BCUT2D eigenvalue weighted by Crippen LogP contribution is -2.47. The first-order chi connectivity index (χ1) is 35.0. The Morgan fingerprint density at radius 2 is 1.08 bits per heavy atom. The minimum Gasteiger partial charge on any atom is -0.385 e. The zero-order chi connectivity index (χ0) is 51.4. The Balaban J connectivity index is 0.000000180. The number of aliphatic hydroxyl groups is 2. The third-order valence-corrected chi connectivity index (χ3v) is 17.2. The number of benzene rings is 2. The summed E-state index contributed by atoms with van der Waals surface area (Å²) in [6, 6.07) is 15.5. The van der Waals surface area contributed by atoms with E-state index >= 15 is 0 Å². The number of hydrogen-bond donors (Lipinski definition) is 4. The number of rotatable bonds is 12. The van der Waals surface area contributed by atoms with E-state index in [1.165, 1.54) is 17.3 Å². The van der Waals surface area contributed by atoms with Crippen molar-refractivity contribution in [3.8, 4) is 6.07 Å². The quantitative estimate of drug-likeness (QED) is 0.0993. The van der Waals surface area contributed by atoms with Gasteiger partial charge in [0.05, 0.1) is 43.8 Å². The van der Waals surface area contributed by atoms with Gasteiger partial charge in [-0.05, 0) is 164 Å². The minimum absolute atomic E-state index is 0.00132. The van der Waals surface area contributed by atoms with E-state index in [-0.39, 0.29) is 34.9 Å². The van der Waals surface area contributed by atoms with Gasteiger partial charge < -0.3 is 29.7 Å². The van der Waals surface area contributed by atoms with Crippen LogP contribution in [0.5, 0.6) is 0 Å². The van der Waals surface area contributed by atoms with Crippen molar-refractivity contribution in [2.24, 2.45) is 10.8 Å². The standard InChI is InChI=1S/C30H38N4O3.C30H41N3O3/c1-29(2)9-5-21(6-10-29)26-18-23(4-3-22(26)17-27(35)28-32-20-24(19-31)33-28)30(36)11-7-25(8-12-30)34-13-15-37-16-14-34;1-21-20-31-28(32-21)27(34)18-23-4-5-24(19-26(23)22-6-10-29(2,3)11-7-22)30(35)12-8-25(9-13-30)33-14-16-36-17-15-33/h3-5,18,20,25,36H,6-17H2,1-2H3,(H,32,33);4-6,19-20,25,35H,7-18H2,1-3H3,(H,31,32). The van der Waals surface area contributed by atoms with Crippen LogP contribution in [0.4, 0.5) is 0 Å². The lowest BCUT2D eigenvalue weighted by Gasteiger charge is -2.42. The summed E-state index contributed by atoms with van der Waals surface area (Å²) in [5, 5.41) is 32.6. The fourth-order valence-electron chi connectivity index (χ4n) is 12.2. The molecule has 4 N–H and O–H groups in total. The molecule has 390 valence electrons. The molecule has 2 aliphatic heterocycles. The highest BCUT2D eigenvalue weighted by molar-refractivity contribution is 5.96. The van der Waals surface area contributed by atoms with Crippen LogP contribution >= 0.6 is 0 Å². The molecule has 2 aromatic carbocycles. The van der Waals surface area contributed by atoms with Crippen LogP contribution in [0.3, 0.4) is 0 Å². The van der Waals surface area contributed by atoms with Crippen molar-refractivity contribution in [2.75, 3.05) is 52.6 Å². The molecule has 0 radical (unpaired) electrons. The number of carbonyl (C=O) groups is 2. The summed E-state index contributed by atoms with van der Waals surface area (Å²) in [7, 11) is 0. The molecule has 13 heteroatoms. The van der Waals surface area contributed by atoms with E-state index in [1.807, 2.05) is 25.1 Å². The number of aromatic nitrogens is 4. The number of Topliss-reactive ketones (excluding diaryl/α,β-unsaturated/α-hetero) is 2. The van der Waals surface area contributed by atoms with E-state index in [4.69, 9.17) is 14.7 Å². The number of nitrogens with one attached hydrogen (secondary N) is 2. The van der Waals surface area contributed by atoms with Crippen molar-refractivity contribution < 1.29 is 29.3 Å². The monoisotopic (exact) mass is 994 g/mol. The van der Waals surface area contributed by atoms with Crippen LogP contribution in [0.2, 0.25) is 0 Å². The maximum absolute atomic E-state index is 13.0. The summed E-state index contributed by atoms with van der Waals surface area (Å²) in [6.07, 6.45) is 21.4. The van der Waals surface area contributed by atoms with Crippen LogP contribution in [0.15, 0.2) is 60.9 Å².